The lowest BCUT2D eigenvalue weighted by molar-refractivity contribution is -0.155. The van der Waals surface area contributed by atoms with E-state index in [1.54, 1.807) is 34.6 Å². The van der Waals surface area contributed by atoms with Gasteiger partial charge in [-0.2, -0.15) is 21.6 Å². The zero-order valence-corrected chi connectivity index (χ0v) is 15.0. The first kappa shape index (κ1) is 20.6. The molecule has 140 valence electrons. The van der Waals surface area contributed by atoms with Gasteiger partial charge < -0.3 is 13.7 Å². The van der Waals surface area contributed by atoms with E-state index in [1.165, 1.54) is 6.92 Å². The second kappa shape index (κ2) is 6.45. The second-order valence-electron chi connectivity index (χ2n) is 6.79. The fourth-order valence-electron chi connectivity index (χ4n) is 2.12. The maximum absolute atomic E-state index is 12.6. The SMILES string of the molecule is CC(C)[C@H]1OC(C(=O)OC(C)(C)C)=C(OS(=O)(=O)C(F)(F)F)C1C. The van der Waals surface area contributed by atoms with Gasteiger partial charge in [0.25, 0.3) is 0 Å². The van der Waals surface area contributed by atoms with Gasteiger partial charge >= 0.3 is 21.6 Å². The zero-order valence-electron chi connectivity index (χ0n) is 14.2. The molecule has 1 aliphatic heterocycles. The molecule has 0 amide bonds. The summed E-state index contributed by atoms with van der Waals surface area (Å²) in [5, 5.41) is 0. The van der Waals surface area contributed by atoms with Crippen LogP contribution in [0.3, 0.4) is 0 Å². The maximum atomic E-state index is 12.6. The van der Waals surface area contributed by atoms with Gasteiger partial charge in [-0.15, -0.1) is 0 Å². The molecular formula is C14H21F3O6S. The maximum Gasteiger partial charge on any atom is 0.534 e. The number of carbonyl (C=O) groups excluding carboxylic acids is 1. The molecule has 0 aliphatic carbocycles. The van der Waals surface area contributed by atoms with Crippen LogP contribution in [-0.2, 0) is 28.6 Å². The number of hydrogen-bond donors (Lipinski definition) is 0. The Morgan fingerprint density at radius 2 is 1.71 bits per heavy atom. The molecule has 0 bridgehead atoms. The summed E-state index contributed by atoms with van der Waals surface area (Å²) in [6, 6.07) is 0. The number of esters is 1. The highest BCUT2D eigenvalue weighted by Crippen LogP contribution is 2.39. The van der Waals surface area contributed by atoms with Crippen LogP contribution in [0.2, 0.25) is 0 Å². The summed E-state index contributed by atoms with van der Waals surface area (Å²) in [5.74, 6) is -3.49. The van der Waals surface area contributed by atoms with Crippen LogP contribution in [0.15, 0.2) is 11.5 Å². The predicted molar refractivity (Wildman–Crippen MR) is 77.8 cm³/mol. The summed E-state index contributed by atoms with van der Waals surface area (Å²) >= 11 is 0. The number of ether oxygens (including phenoxy) is 2. The minimum Gasteiger partial charge on any atom is -0.480 e. The number of rotatable bonds is 4. The molecule has 1 heterocycles. The quantitative estimate of drug-likeness (QED) is 0.427. The first-order chi connectivity index (χ1) is 10.6. The van der Waals surface area contributed by atoms with Crippen LogP contribution in [0.1, 0.15) is 41.5 Å². The summed E-state index contributed by atoms with van der Waals surface area (Å²) in [6.45, 7) is 9.51. The Bertz CT molecular complexity index is 628. The molecule has 0 spiro atoms. The fraction of sp³-hybridized carbons (Fsp3) is 0.786. The third kappa shape index (κ3) is 4.55. The molecule has 0 aromatic heterocycles. The first-order valence-electron chi connectivity index (χ1n) is 7.21. The van der Waals surface area contributed by atoms with E-state index in [9.17, 15) is 26.4 Å². The van der Waals surface area contributed by atoms with Gasteiger partial charge in [0.1, 0.15) is 11.7 Å². The molecule has 6 nitrogen and oxygen atoms in total. The molecule has 0 N–H and O–H groups in total. The third-order valence-corrected chi connectivity index (χ3v) is 4.07. The monoisotopic (exact) mass is 374 g/mol. The van der Waals surface area contributed by atoms with Gasteiger partial charge in [0.05, 0.1) is 5.92 Å². The van der Waals surface area contributed by atoms with E-state index in [0.717, 1.165) is 0 Å². The largest absolute Gasteiger partial charge is 0.534 e. The molecule has 1 aliphatic rings. The minimum absolute atomic E-state index is 0.202. The fourth-order valence-corrected chi connectivity index (χ4v) is 2.68. The van der Waals surface area contributed by atoms with E-state index in [-0.39, 0.29) is 5.92 Å². The number of alkyl halides is 3. The topological polar surface area (TPSA) is 78.9 Å². The standard InChI is InChI=1S/C14H21F3O6S/c1-7(2)9-8(3)10(23-24(19,20)14(15,16)17)11(21-9)12(18)22-13(4,5)6/h7-9H,1-6H3/t8?,9-/m1/s1. The highest BCUT2D eigenvalue weighted by atomic mass is 32.2. The van der Waals surface area contributed by atoms with Crippen molar-refractivity contribution in [2.45, 2.75) is 58.8 Å². The van der Waals surface area contributed by atoms with E-state index in [0.29, 0.717) is 0 Å². The van der Waals surface area contributed by atoms with Crippen molar-refractivity contribution in [3.8, 4) is 0 Å². The molecule has 1 rings (SSSR count). The highest BCUT2D eigenvalue weighted by Gasteiger charge is 2.52. The van der Waals surface area contributed by atoms with Crippen LogP contribution in [0.5, 0.6) is 0 Å². The molecule has 2 atom stereocenters. The summed E-state index contributed by atoms with van der Waals surface area (Å²) in [7, 11) is -5.92. The van der Waals surface area contributed by atoms with Gasteiger partial charge in [0.2, 0.25) is 5.76 Å². The van der Waals surface area contributed by atoms with Crippen molar-refractivity contribution in [3.63, 3.8) is 0 Å². The number of hydrogen-bond acceptors (Lipinski definition) is 6. The Hall–Kier alpha value is -1.45. The van der Waals surface area contributed by atoms with Crippen LogP contribution in [0.25, 0.3) is 0 Å². The van der Waals surface area contributed by atoms with E-state index in [1.807, 2.05) is 0 Å². The number of halogens is 3. The average Bonchev–Trinajstić information content (AvgIpc) is 2.63. The lowest BCUT2D eigenvalue weighted by Crippen LogP contribution is -2.28. The molecule has 0 fully saturated rings. The van der Waals surface area contributed by atoms with Crippen LogP contribution in [0.4, 0.5) is 13.2 Å². The van der Waals surface area contributed by atoms with Crippen molar-refractivity contribution in [2.24, 2.45) is 11.8 Å². The summed E-state index contributed by atoms with van der Waals surface area (Å²) in [5.41, 5.74) is -6.56. The lowest BCUT2D eigenvalue weighted by atomic mass is 9.95. The minimum atomic E-state index is -5.92. The van der Waals surface area contributed by atoms with Gasteiger partial charge in [-0.1, -0.05) is 20.8 Å². The van der Waals surface area contributed by atoms with Gasteiger partial charge in [0.15, 0.2) is 5.76 Å². The van der Waals surface area contributed by atoms with Gasteiger partial charge in [-0.05, 0) is 26.7 Å². The predicted octanol–water partition coefficient (Wildman–Crippen LogP) is 3.10. The van der Waals surface area contributed by atoms with Crippen LogP contribution in [0, 0.1) is 11.8 Å². The molecule has 0 aromatic rings. The molecule has 1 unspecified atom stereocenters. The zero-order chi connectivity index (χ0) is 19.1. The van der Waals surface area contributed by atoms with Crippen molar-refractivity contribution in [3.05, 3.63) is 11.5 Å². The van der Waals surface area contributed by atoms with E-state index >= 15 is 0 Å². The highest BCUT2D eigenvalue weighted by molar-refractivity contribution is 7.87. The van der Waals surface area contributed by atoms with Crippen molar-refractivity contribution >= 4 is 16.1 Å². The average molecular weight is 374 g/mol. The van der Waals surface area contributed by atoms with Crippen molar-refractivity contribution in [1.82, 2.24) is 0 Å². The summed E-state index contributed by atoms with van der Waals surface area (Å²) in [6.07, 6.45) is -0.717. The van der Waals surface area contributed by atoms with Crippen LogP contribution < -0.4 is 0 Å². The Morgan fingerprint density at radius 3 is 2.08 bits per heavy atom. The molecule has 0 aromatic carbocycles. The van der Waals surface area contributed by atoms with E-state index < -0.39 is 50.7 Å². The number of carbonyl (C=O) groups is 1. The lowest BCUT2D eigenvalue weighted by Gasteiger charge is -2.21. The Morgan fingerprint density at radius 1 is 1.21 bits per heavy atom. The van der Waals surface area contributed by atoms with Crippen molar-refractivity contribution in [2.75, 3.05) is 0 Å². The Labute approximate surface area is 139 Å². The van der Waals surface area contributed by atoms with Crippen LogP contribution >= 0.6 is 0 Å². The summed E-state index contributed by atoms with van der Waals surface area (Å²) < 4.78 is 74.9. The van der Waals surface area contributed by atoms with Crippen molar-refractivity contribution in [1.29, 1.82) is 0 Å². The van der Waals surface area contributed by atoms with Crippen molar-refractivity contribution < 1.29 is 40.0 Å². The normalized spacial score (nSPS) is 22.6. The molecule has 0 radical (unpaired) electrons. The molecule has 10 heteroatoms. The van der Waals surface area contributed by atoms with Gasteiger partial charge in [0, 0.05) is 0 Å². The van der Waals surface area contributed by atoms with Gasteiger partial charge in [-0.3, -0.25) is 0 Å². The van der Waals surface area contributed by atoms with E-state index in [2.05, 4.69) is 4.18 Å². The first-order valence-corrected chi connectivity index (χ1v) is 8.62. The second-order valence-corrected chi connectivity index (χ2v) is 8.33. The molecule has 24 heavy (non-hydrogen) atoms. The van der Waals surface area contributed by atoms with Crippen LogP contribution in [-0.4, -0.2) is 31.6 Å². The molecular weight excluding hydrogens is 353 g/mol. The Kier molecular flexibility index (Phi) is 5.54. The molecule has 0 saturated heterocycles. The smallest absolute Gasteiger partial charge is 0.480 e. The Balaban J connectivity index is 3.28. The summed E-state index contributed by atoms with van der Waals surface area (Å²) in [4.78, 5) is 12.2. The van der Waals surface area contributed by atoms with E-state index in [4.69, 9.17) is 9.47 Å². The van der Waals surface area contributed by atoms with Gasteiger partial charge in [-0.25, -0.2) is 4.79 Å². The molecule has 0 saturated carbocycles. The third-order valence-electron chi connectivity index (χ3n) is 3.11.